The summed E-state index contributed by atoms with van der Waals surface area (Å²) in [5, 5.41) is 13.3. The fraction of sp³-hybridized carbons (Fsp3) is 0.435. The third-order valence-corrected chi connectivity index (χ3v) is 4.97. The van der Waals surface area contributed by atoms with E-state index in [1.807, 2.05) is 19.1 Å². The highest BCUT2D eigenvalue weighted by Crippen LogP contribution is 2.27. The molecule has 6 nitrogen and oxygen atoms in total. The molecule has 2 aromatic rings. The minimum atomic E-state index is 0. The van der Waals surface area contributed by atoms with Gasteiger partial charge in [-0.15, -0.1) is 24.0 Å². The van der Waals surface area contributed by atoms with Crippen molar-refractivity contribution < 1.29 is 14.6 Å². The number of guanidine groups is 1. The fourth-order valence-corrected chi connectivity index (χ4v) is 3.50. The predicted molar refractivity (Wildman–Crippen MR) is 131 cm³/mol. The molecule has 0 amide bonds. The zero-order chi connectivity index (χ0) is 20.6. The Morgan fingerprint density at radius 1 is 1.27 bits per heavy atom. The number of aliphatic imine (C=N–C) groups is 1. The standard InChI is InChI=1S/C23H31N3O3.HI/c1-4-24-23(25-15-18-10-11-20(27)21(14-18)28-5-2)26-12-13-29-22(16-26)19-9-7-6-8-17(19)3;/h6-11,14,22,27H,4-5,12-13,15-16H2,1-3H3,(H,24,25);1H. The quantitative estimate of drug-likeness (QED) is 0.336. The molecule has 0 radical (unpaired) electrons. The highest BCUT2D eigenvalue weighted by atomic mass is 127. The summed E-state index contributed by atoms with van der Waals surface area (Å²) in [5.41, 5.74) is 3.46. The first-order valence-corrected chi connectivity index (χ1v) is 10.3. The SMILES string of the molecule is CCNC(=NCc1ccc(O)c(OCC)c1)N1CCOC(c2ccccc2C)C1.I. The topological polar surface area (TPSA) is 66.3 Å². The molecule has 1 atom stereocenters. The molecule has 0 aromatic heterocycles. The van der Waals surface area contributed by atoms with Crippen molar-refractivity contribution in [2.45, 2.75) is 33.4 Å². The van der Waals surface area contributed by atoms with Crippen LogP contribution in [0, 0.1) is 6.92 Å². The summed E-state index contributed by atoms with van der Waals surface area (Å²) < 4.78 is 11.5. The Kier molecular flexibility index (Phi) is 9.71. The predicted octanol–water partition coefficient (Wildman–Crippen LogP) is 4.26. The molecule has 0 aliphatic carbocycles. The van der Waals surface area contributed by atoms with Gasteiger partial charge in [0, 0.05) is 13.1 Å². The first kappa shape index (κ1) is 24.3. The lowest BCUT2D eigenvalue weighted by Gasteiger charge is -2.35. The average molecular weight is 525 g/mol. The first-order valence-electron chi connectivity index (χ1n) is 10.3. The highest BCUT2D eigenvalue weighted by molar-refractivity contribution is 14.0. The van der Waals surface area contributed by atoms with E-state index in [0.29, 0.717) is 25.5 Å². The largest absolute Gasteiger partial charge is 0.504 e. The van der Waals surface area contributed by atoms with Gasteiger partial charge in [-0.1, -0.05) is 30.3 Å². The molecule has 0 saturated carbocycles. The van der Waals surface area contributed by atoms with Crippen LogP contribution in [0.15, 0.2) is 47.5 Å². The first-order chi connectivity index (χ1) is 14.1. The van der Waals surface area contributed by atoms with Gasteiger partial charge in [0.1, 0.15) is 6.10 Å². The molecular weight excluding hydrogens is 493 g/mol. The van der Waals surface area contributed by atoms with Gasteiger partial charge in [-0.3, -0.25) is 0 Å². The number of aryl methyl sites for hydroxylation is 1. The monoisotopic (exact) mass is 525 g/mol. The number of nitrogens with one attached hydrogen (secondary N) is 1. The minimum Gasteiger partial charge on any atom is -0.504 e. The number of phenols is 1. The van der Waals surface area contributed by atoms with Crippen LogP contribution < -0.4 is 10.1 Å². The number of morpholine rings is 1. The van der Waals surface area contributed by atoms with Crippen LogP contribution >= 0.6 is 24.0 Å². The third kappa shape index (κ3) is 6.25. The summed E-state index contributed by atoms with van der Waals surface area (Å²) in [4.78, 5) is 7.09. The number of phenolic OH excluding ortho intramolecular Hbond substituents is 1. The van der Waals surface area contributed by atoms with E-state index >= 15 is 0 Å². The average Bonchev–Trinajstić information content (AvgIpc) is 2.74. The van der Waals surface area contributed by atoms with E-state index in [1.165, 1.54) is 11.1 Å². The van der Waals surface area contributed by atoms with Gasteiger partial charge >= 0.3 is 0 Å². The van der Waals surface area contributed by atoms with Crippen molar-refractivity contribution in [3.63, 3.8) is 0 Å². The lowest BCUT2D eigenvalue weighted by molar-refractivity contribution is -0.00834. The smallest absolute Gasteiger partial charge is 0.194 e. The van der Waals surface area contributed by atoms with Gasteiger partial charge in [0.25, 0.3) is 0 Å². The number of benzene rings is 2. The van der Waals surface area contributed by atoms with Crippen LogP contribution in [0.25, 0.3) is 0 Å². The van der Waals surface area contributed by atoms with Crippen molar-refractivity contribution in [3.05, 3.63) is 59.2 Å². The maximum Gasteiger partial charge on any atom is 0.194 e. The maximum absolute atomic E-state index is 9.90. The summed E-state index contributed by atoms with van der Waals surface area (Å²) in [6, 6.07) is 13.8. The fourth-order valence-electron chi connectivity index (χ4n) is 3.50. The van der Waals surface area contributed by atoms with E-state index in [1.54, 1.807) is 6.07 Å². The zero-order valence-corrected chi connectivity index (χ0v) is 20.3. The molecular formula is C23H32IN3O3. The van der Waals surface area contributed by atoms with E-state index in [2.05, 4.69) is 48.3 Å². The highest BCUT2D eigenvalue weighted by Gasteiger charge is 2.25. The number of hydrogen-bond acceptors (Lipinski definition) is 4. The second-order valence-electron chi connectivity index (χ2n) is 7.07. The molecule has 1 aliphatic rings. The van der Waals surface area contributed by atoms with Crippen LogP contribution in [0.1, 0.15) is 36.6 Å². The number of ether oxygens (including phenoxy) is 2. The Labute approximate surface area is 196 Å². The number of aromatic hydroxyl groups is 1. The van der Waals surface area contributed by atoms with Crippen molar-refractivity contribution in [1.82, 2.24) is 10.2 Å². The van der Waals surface area contributed by atoms with E-state index in [9.17, 15) is 5.11 Å². The van der Waals surface area contributed by atoms with E-state index < -0.39 is 0 Å². The Morgan fingerprint density at radius 3 is 2.80 bits per heavy atom. The number of halogens is 1. The normalized spacial score (nSPS) is 16.7. The number of rotatable bonds is 6. The summed E-state index contributed by atoms with van der Waals surface area (Å²) in [6.07, 6.45) is 0.0343. The van der Waals surface area contributed by atoms with Crippen molar-refractivity contribution in [2.24, 2.45) is 4.99 Å². The van der Waals surface area contributed by atoms with Gasteiger partial charge in [-0.05, 0) is 49.6 Å². The van der Waals surface area contributed by atoms with E-state index in [4.69, 9.17) is 14.5 Å². The van der Waals surface area contributed by atoms with Gasteiger partial charge in [0.15, 0.2) is 17.5 Å². The third-order valence-electron chi connectivity index (χ3n) is 4.97. The van der Waals surface area contributed by atoms with Crippen LogP contribution in [0.4, 0.5) is 0 Å². The lowest BCUT2D eigenvalue weighted by Crippen LogP contribution is -2.48. The van der Waals surface area contributed by atoms with Crippen LogP contribution in [-0.4, -0.2) is 48.8 Å². The van der Waals surface area contributed by atoms with Crippen LogP contribution in [0.3, 0.4) is 0 Å². The summed E-state index contributed by atoms with van der Waals surface area (Å²) in [7, 11) is 0. The molecule has 30 heavy (non-hydrogen) atoms. The van der Waals surface area contributed by atoms with Gasteiger partial charge in [-0.25, -0.2) is 4.99 Å². The molecule has 1 saturated heterocycles. The molecule has 164 valence electrons. The lowest BCUT2D eigenvalue weighted by atomic mass is 10.0. The molecule has 1 unspecified atom stereocenters. The Hall–Kier alpha value is -2.00. The molecule has 7 heteroatoms. The summed E-state index contributed by atoms with van der Waals surface area (Å²) >= 11 is 0. The Bertz CT molecular complexity index is 844. The molecule has 0 spiro atoms. The molecule has 2 N–H and O–H groups in total. The maximum atomic E-state index is 9.90. The van der Waals surface area contributed by atoms with Crippen molar-refractivity contribution in [1.29, 1.82) is 0 Å². The minimum absolute atomic E-state index is 0. The Morgan fingerprint density at radius 2 is 2.07 bits per heavy atom. The second kappa shape index (κ2) is 12.0. The van der Waals surface area contributed by atoms with Crippen molar-refractivity contribution in [3.8, 4) is 11.5 Å². The molecule has 1 aliphatic heterocycles. The van der Waals surface area contributed by atoms with E-state index in [-0.39, 0.29) is 35.8 Å². The molecule has 1 heterocycles. The Balaban J connectivity index is 0.00000320. The van der Waals surface area contributed by atoms with Crippen LogP contribution in [-0.2, 0) is 11.3 Å². The van der Waals surface area contributed by atoms with Gasteiger partial charge in [0.05, 0.1) is 26.3 Å². The molecule has 0 bridgehead atoms. The van der Waals surface area contributed by atoms with Gasteiger partial charge in [0.2, 0.25) is 0 Å². The van der Waals surface area contributed by atoms with Crippen molar-refractivity contribution >= 4 is 29.9 Å². The van der Waals surface area contributed by atoms with Gasteiger partial charge < -0.3 is 24.8 Å². The van der Waals surface area contributed by atoms with Crippen molar-refractivity contribution in [2.75, 3.05) is 32.8 Å². The second-order valence-corrected chi connectivity index (χ2v) is 7.07. The van der Waals surface area contributed by atoms with Crippen LogP contribution in [0.2, 0.25) is 0 Å². The zero-order valence-electron chi connectivity index (χ0n) is 17.9. The van der Waals surface area contributed by atoms with Gasteiger partial charge in [-0.2, -0.15) is 0 Å². The molecule has 1 fully saturated rings. The number of hydrogen-bond donors (Lipinski definition) is 2. The summed E-state index contributed by atoms with van der Waals surface area (Å²) in [6.45, 7) is 10.1. The molecule has 3 rings (SSSR count). The van der Waals surface area contributed by atoms with E-state index in [0.717, 1.165) is 31.2 Å². The van der Waals surface area contributed by atoms with Crippen LogP contribution in [0.5, 0.6) is 11.5 Å². The number of nitrogens with zero attached hydrogens (tertiary/aromatic N) is 2. The molecule has 2 aromatic carbocycles. The summed E-state index contributed by atoms with van der Waals surface area (Å²) in [5.74, 6) is 1.53.